The molecule has 18 heavy (non-hydrogen) atoms. The van der Waals surface area contributed by atoms with Crippen molar-refractivity contribution in [3.63, 3.8) is 0 Å². The van der Waals surface area contributed by atoms with Gasteiger partial charge in [-0.25, -0.2) is 4.98 Å². The van der Waals surface area contributed by atoms with Gasteiger partial charge in [-0.1, -0.05) is 33.8 Å². The lowest BCUT2D eigenvalue weighted by Crippen LogP contribution is -1.89. The summed E-state index contributed by atoms with van der Waals surface area (Å²) >= 11 is 6.74. The Hall–Kier alpha value is -1.04. The number of aromatic nitrogens is 1. The van der Waals surface area contributed by atoms with E-state index in [-0.39, 0.29) is 0 Å². The molecule has 0 aliphatic rings. The fourth-order valence-electron chi connectivity index (χ4n) is 1.68. The van der Waals surface area contributed by atoms with Gasteiger partial charge in [0.25, 0.3) is 0 Å². The molecule has 0 aliphatic heterocycles. The molecule has 3 rings (SSSR count). The zero-order chi connectivity index (χ0) is 12.5. The van der Waals surface area contributed by atoms with E-state index in [0.29, 0.717) is 0 Å². The zero-order valence-corrected chi connectivity index (χ0v) is 12.5. The highest BCUT2D eigenvalue weighted by molar-refractivity contribution is 9.10. The predicted octanol–water partition coefficient (Wildman–Crippen LogP) is 4.79. The summed E-state index contributed by atoms with van der Waals surface area (Å²) in [5.74, 6) is 0. The lowest BCUT2D eigenvalue weighted by atomic mass is 10.3. The number of nitrogens with zero attached hydrogens (tertiary/aromatic N) is 1. The molecule has 2 aromatic carbocycles. The molecule has 0 amide bonds. The fourth-order valence-corrected chi connectivity index (χ4v) is 3.85. The van der Waals surface area contributed by atoms with Crippen molar-refractivity contribution in [3.8, 4) is 0 Å². The standard InChI is InChI=1S/C13H9BrN2S2/c14-8-2-1-3-9(6-8)18-10-4-5-11-13(12(10)15)16-7-17-11/h1-7H,15H2. The van der Waals surface area contributed by atoms with Crippen LogP contribution in [-0.2, 0) is 0 Å². The molecule has 2 N–H and O–H groups in total. The summed E-state index contributed by atoms with van der Waals surface area (Å²) in [6.45, 7) is 0. The Labute approximate surface area is 121 Å². The molecule has 5 heteroatoms. The van der Waals surface area contributed by atoms with Crippen molar-refractivity contribution in [2.45, 2.75) is 9.79 Å². The molecule has 90 valence electrons. The van der Waals surface area contributed by atoms with Crippen LogP contribution in [0.15, 0.2) is 56.2 Å². The second kappa shape index (κ2) is 4.91. The highest BCUT2D eigenvalue weighted by atomic mass is 79.9. The maximum atomic E-state index is 6.16. The first kappa shape index (κ1) is 12.0. The van der Waals surface area contributed by atoms with Gasteiger partial charge in [-0.2, -0.15) is 0 Å². The van der Waals surface area contributed by atoms with Gasteiger partial charge in [0.15, 0.2) is 0 Å². The van der Waals surface area contributed by atoms with Crippen LogP contribution >= 0.6 is 39.0 Å². The summed E-state index contributed by atoms with van der Waals surface area (Å²) in [6, 6.07) is 12.3. The van der Waals surface area contributed by atoms with Gasteiger partial charge >= 0.3 is 0 Å². The van der Waals surface area contributed by atoms with Crippen molar-refractivity contribution < 1.29 is 0 Å². The van der Waals surface area contributed by atoms with Gasteiger partial charge in [0, 0.05) is 14.3 Å². The third kappa shape index (κ3) is 2.25. The minimum atomic E-state index is 0.763. The Bertz CT molecular complexity index is 709. The number of thiazole rings is 1. The smallest absolute Gasteiger partial charge is 0.105 e. The fraction of sp³-hybridized carbons (Fsp3) is 0. The molecule has 0 spiro atoms. The van der Waals surface area contributed by atoms with Crippen molar-refractivity contribution in [3.05, 3.63) is 46.4 Å². The maximum Gasteiger partial charge on any atom is 0.105 e. The van der Waals surface area contributed by atoms with Gasteiger partial charge in [0.2, 0.25) is 0 Å². The van der Waals surface area contributed by atoms with Crippen molar-refractivity contribution in [2.24, 2.45) is 0 Å². The Balaban J connectivity index is 2.02. The minimum absolute atomic E-state index is 0.763. The number of nitrogen functional groups attached to an aromatic ring is 1. The SMILES string of the molecule is Nc1c(Sc2cccc(Br)c2)ccc2scnc12. The van der Waals surface area contributed by atoms with Gasteiger partial charge in [-0.15, -0.1) is 11.3 Å². The molecular weight excluding hydrogens is 328 g/mol. The molecule has 1 aromatic heterocycles. The summed E-state index contributed by atoms with van der Waals surface area (Å²) in [4.78, 5) is 6.51. The molecule has 0 saturated carbocycles. The van der Waals surface area contributed by atoms with Crippen molar-refractivity contribution >= 4 is 54.9 Å². The van der Waals surface area contributed by atoms with E-state index in [9.17, 15) is 0 Å². The molecule has 0 atom stereocenters. The average molecular weight is 337 g/mol. The van der Waals surface area contributed by atoms with Crippen LogP contribution in [0, 0.1) is 0 Å². The number of hydrogen-bond acceptors (Lipinski definition) is 4. The zero-order valence-electron chi connectivity index (χ0n) is 9.26. The van der Waals surface area contributed by atoms with Crippen molar-refractivity contribution in [1.29, 1.82) is 0 Å². The van der Waals surface area contributed by atoms with E-state index < -0.39 is 0 Å². The maximum absolute atomic E-state index is 6.16. The molecule has 1 heterocycles. The van der Waals surface area contributed by atoms with E-state index >= 15 is 0 Å². The van der Waals surface area contributed by atoms with E-state index in [1.807, 2.05) is 17.6 Å². The predicted molar refractivity (Wildman–Crippen MR) is 82.3 cm³/mol. The van der Waals surface area contributed by atoms with Gasteiger partial charge < -0.3 is 5.73 Å². The van der Waals surface area contributed by atoms with Gasteiger partial charge in [-0.3, -0.25) is 0 Å². The largest absolute Gasteiger partial charge is 0.396 e. The van der Waals surface area contributed by atoms with Gasteiger partial charge in [-0.05, 0) is 30.3 Å². The normalized spacial score (nSPS) is 10.9. The lowest BCUT2D eigenvalue weighted by Gasteiger charge is -2.06. The van der Waals surface area contributed by atoms with Crippen LogP contribution in [0.4, 0.5) is 5.69 Å². The number of fused-ring (bicyclic) bond motifs is 1. The van der Waals surface area contributed by atoms with Crippen LogP contribution in [0.3, 0.4) is 0 Å². The highest BCUT2D eigenvalue weighted by Crippen LogP contribution is 2.37. The number of hydrogen-bond donors (Lipinski definition) is 1. The molecule has 0 unspecified atom stereocenters. The first-order chi connectivity index (χ1) is 8.74. The summed E-state index contributed by atoms with van der Waals surface area (Å²) in [6.07, 6.45) is 0. The Morgan fingerprint density at radius 3 is 2.94 bits per heavy atom. The monoisotopic (exact) mass is 336 g/mol. The van der Waals surface area contributed by atoms with Crippen LogP contribution in [-0.4, -0.2) is 4.98 Å². The second-order valence-electron chi connectivity index (χ2n) is 3.74. The molecule has 3 aromatic rings. The second-order valence-corrected chi connectivity index (χ2v) is 6.65. The number of benzene rings is 2. The average Bonchev–Trinajstić information content (AvgIpc) is 2.82. The van der Waals surface area contributed by atoms with Crippen molar-refractivity contribution in [2.75, 3.05) is 5.73 Å². The third-order valence-electron chi connectivity index (χ3n) is 2.53. The number of anilines is 1. The Morgan fingerprint density at radius 2 is 2.11 bits per heavy atom. The first-order valence-corrected chi connectivity index (χ1v) is 7.78. The molecule has 0 radical (unpaired) electrons. The molecule has 0 aliphatic carbocycles. The number of halogens is 1. The summed E-state index contributed by atoms with van der Waals surface area (Å²) < 4.78 is 2.20. The third-order valence-corrected chi connectivity index (χ3v) is 4.88. The highest BCUT2D eigenvalue weighted by Gasteiger charge is 2.08. The molecule has 0 fully saturated rings. The summed E-state index contributed by atoms with van der Waals surface area (Å²) in [5, 5.41) is 0. The minimum Gasteiger partial charge on any atom is -0.396 e. The number of rotatable bonds is 2. The van der Waals surface area contributed by atoms with Crippen LogP contribution in [0.5, 0.6) is 0 Å². The van der Waals surface area contributed by atoms with Crippen molar-refractivity contribution in [1.82, 2.24) is 4.98 Å². The van der Waals surface area contributed by atoms with E-state index in [1.54, 1.807) is 23.1 Å². The molecule has 2 nitrogen and oxygen atoms in total. The molecule has 0 bridgehead atoms. The van der Waals surface area contributed by atoms with E-state index in [0.717, 1.165) is 30.2 Å². The van der Waals surface area contributed by atoms with Gasteiger partial charge in [0.05, 0.1) is 15.9 Å². The first-order valence-electron chi connectivity index (χ1n) is 5.29. The summed E-state index contributed by atoms with van der Waals surface area (Å²) in [7, 11) is 0. The van der Waals surface area contributed by atoms with E-state index in [2.05, 4.69) is 45.2 Å². The quantitative estimate of drug-likeness (QED) is 0.683. The lowest BCUT2D eigenvalue weighted by molar-refractivity contribution is 1.39. The topological polar surface area (TPSA) is 38.9 Å². The van der Waals surface area contributed by atoms with E-state index in [1.165, 1.54) is 0 Å². The molecule has 0 saturated heterocycles. The van der Waals surface area contributed by atoms with Crippen LogP contribution < -0.4 is 5.73 Å². The summed E-state index contributed by atoms with van der Waals surface area (Å²) in [5.41, 5.74) is 9.65. The van der Waals surface area contributed by atoms with E-state index in [4.69, 9.17) is 5.73 Å². The van der Waals surface area contributed by atoms with Crippen LogP contribution in [0.1, 0.15) is 0 Å². The van der Waals surface area contributed by atoms with Crippen LogP contribution in [0.2, 0.25) is 0 Å². The Kier molecular flexibility index (Phi) is 3.28. The van der Waals surface area contributed by atoms with Gasteiger partial charge in [0.1, 0.15) is 5.52 Å². The van der Waals surface area contributed by atoms with Crippen LogP contribution in [0.25, 0.3) is 10.2 Å². The number of nitrogens with two attached hydrogens (primary N) is 1. The molecular formula is C13H9BrN2S2. The Morgan fingerprint density at radius 1 is 1.22 bits per heavy atom.